The van der Waals surface area contributed by atoms with Gasteiger partial charge < -0.3 is 9.47 Å². The van der Waals surface area contributed by atoms with Crippen molar-refractivity contribution in [1.29, 1.82) is 0 Å². The molecule has 2 nitrogen and oxygen atoms in total. The highest BCUT2D eigenvalue weighted by atomic mass is 16.5. The third kappa shape index (κ3) is 5.29. The third-order valence-electron chi connectivity index (χ3n) is 5.94. The summed E-state index contributed by atoms with van der Waals surface area (Å²) in [5.41, 5.74) is 8.86. The monoisotopic (exact) mass is 446 g/mol. The molecule has 0 heterocycles. The Hall–Kier alpha value is -4.04. The van der Waals surface area contributed by atoms with Gasteiger partial charge >= 0.3 is 0 Å². The molecule has 0 saturated heterocycles. The second-order valence-corrected chi connectivity index (χ2v) is 8.36. The fourth-order valence-corrected chi connectivity index (χ4v) is 3.99. The van der Waals surface area contributed by atoms with Gasteiger partial charge in [0.15, 0.2) is 0 Å². The Morgan fingerprint density at radius 1 is 0.559 bits per heavy atom. The first-order chi connectivity index (χ1) is 16.6. The van der Waals surface area contributed by atoms with E-state index in [9.17, 15) is 0 Å². The van der Waals surface area contributed by atoms with Gasteiger partial charge in [-0.1, -0.05) is 98.1 Å². The van der Waals surface area contributed by atoms with E-state index in [1.807, 2.05) is 36.4 Å². The average molecular weight is 447 g/mol. The van der Waals surface area contributed by atoms with E-state index in [0.29, 0.717) is 13.2 Å². The van der Waals surface area contributed by atoms with Gasteiger partial charge in [-0.25, -0.2) is 0 Å². The number of hydrogen-bond acceptors (Lipinski definition) is 2. The molecule has 0 aliphatic rings. The molecular formula is C32H30O2. The first kappa shape index (κ1) is 23.1. The van der Waals surface area contributed by atoms with Crippen LogP contribution in [-0.4, -0.2) is 0 Å². The maximum Gasteiger partial charge on any atom is 0.128 e. The molecule has 0 saturated carbocycles. The predicted octanol–water partition coefficient (Wildman–Crippen LogP) is 8.41. The molecular weight excluding hydrogens is 416 g/mol. The normalized spacial score (nSPS) is 10.5. The van der Waals surface area contributed by atoms with Crippen molar-refractivity contribution in [3.63, 3.8) is 0 Å². The minimum Gasteiger partial charge on any atom is -0.488 e. The maximum absolute atomic E-state index is 6.34. The van der Waals surface area contributed by atoms with Crippen LogP contribution >= 0.6 is 0 Å². The summed E-state index contributed by atoms with van der Waals surface area (Å²) in [6.45, 7) is 12.9. The van der Waals surface area contributed by atoms with Gasteiger partial charge in [-0.15, -0.1) is 0 Å². The van der Waals surface area contributed by atoms with Gasteiger partial charge in [0.25, 0.3) is 0 Å². The van der Waals surface area contributed by atoms with Crippen molar-refractivity contribution < 1.29 is 9.47 Å². The first-order valence-corrected chi connectivity index (χ1v) is 11.5. The van der Waals surface area contributed by atoms with Gasteiger partial charge in [0.2, 0.25) is 0 Å². The minimum absolute atomic E-state index is 0.492. The molecule has 0 fully saturated rings. The lowest BCUT2D eigenvalue weighted by atomic mass is 9.94. The predicted molar refractivity (Wildman–Crippen MR) is 143 cm³/mol. The van der Waals surface area contributed by atoms with Crippen molar-refractivity contribution in [2.75, 3.05) is 0 Å². The van der Waals surface area contributed by atoms with Crippen molar-refractivity contribution in [2.24, 2.45) is 0 Å². The Labute approximate surface area is 202 Å². The van der Waals surface area contributed by atoms with Crippen LogP contribution in [0.25, 0.3) is 23.3 Å². The first-order valence-electron chi connectivity index (χ1n) is 11.5. The van der Waals surface area contributed by atoms with E-state index in [2.05, 4.69) is 87.7 Å². The Balaban J connectivity index is 1.62. The standard InChI is InChI=1S/C32H30O2/c1-5-25-13-17-27(18-14-25)21-33-29-11-7-9-23(3)31(29)32-24(4)10-8-12-30(32)34-22-28-19-15-26(6-2)16-20-28/h5-20H,1-2,21-22H2,3-4H3. The molecule has 170 valence electrons. The van der Waals surface area contributed by atoms with Crippen molar-refractivity contribution in [1.82, 2.24) is 0 Å². The highest BCUT2D eigenvalue weighted by Crippen LogP contribution is 2.41. The van der Waals surface area contributed by atoms with Crippen LogP contribution in [0, 0.1) is 13.8 Å². The van der Waals surface area contributed by atoms with Gasteiger partial charge in [0.05, 0.1) is 0 Å². The molecule has 0 amide bonds. The number of rotatable bonds is 9. The Morgan fingerprint density at radius 2 is 0.941 bits per heavy atom. The SMILES string of the molecule is C=Cc1ccc(COc2cccc(C)c2-c2c(C)cccc2OCc2ccc(C=C)cc2)cc1. The second-order valence-electron chi connectivity index (χ2n) is 8.36. The maximum atomic E-state index is 6.34. The van der Waals surface area contributed by atoms with E-state index < -0.39 is 0 Å². The summed E-state index contributed by atoms with van der Waals surface area (Å²) in [4.78, 5) is 0. The van der Waals surface area contributed by atoms with Gasteiger partial charge in [0.1, 0.15) is 24.7 Å². The molecule has 4 aromatic carbocycles. The van der Waals surface area contributed by atoms with Gasteiger partial charge in [-0.2, -0.15) is 0 Å². The zero-order valence-electron chi connectivity index (χ0n) is 19.9. The zero-order chi connectivity index (χ0) is 23.9. The highest BCUT2D eigenvalue weighted by molar-refractivity contribution is 5.81. The number of hydrogen-bond donors (Lipinski definition) is 0. The highest BCUT2D eigenvalue weighted by Gasteiger charge is 2.17. The van der Waals surface area contributed by atoms with Crippen LogP contribution in [0.5, 0.6) is 11.5 Å². The summed E-state index contributed by atoms with van der Waals surface area (Å²) in [5, 5.41) is 0. The number of aryl methyl sites for hydroxylation is 2. The van der Waals surface area contributed by atoms with Crippen LogP contribution in [0.4, 0.5) is 0 Å². The molecule has 2 heteroatoms. The summed E-state index contributed by atoms with van der Waals surface area (Å²) < 4.78 is 12.7. The molecule has 0 aromatic heterocycles. The molecule has 0 bridgehead atoms. The molecule has 0 aliphatic carbocycles. The molecule has 4 aromatic rings. The van der Waals surface area contributed by atoms with Crippen LogP contribution in [0.2, 0.25) is 0 Å². The molecule has 0 radical (unpaired) electrons. The van der Waals surface area contributed by atoms with Gasteiger partial charge in [-0.3, -0.25) is 0 Å². The topological polar surface area (TPSA) is 18.5 Å². The largest absolute Gasteiger partial charge is 0.488 e. The average Bonchev–Trinajstić information content (AvgIpc) is 2.87. The number of ether oxygens (including phenoxy) is 2. The number of benzene rings is 4. The summed E-state index contributed by atoms with van der Waals surface area (Å²) in [6, 6.07) is 28.9. The summed E-state index contributed by atoms with van der Waals surface area (Å²) in [7, 11) is 0. The van der Waals surface area contributed by atoms with E-state index in [-0.39, 0.29) is 0 Å². The van der Waals surface area contributed by atoms with Gasteiger partial charge in [0, 0.05) is 11.1 Å². The van der Waals surface area contributed by atoms with Crippen LogP contribution < -0.4 is 9.47 Å². The Bertz CT molecular complexity index is 1180. The van der Waals surface area contributed by atoms with E-state index in [0.717, 1.165) is 56.0 Å². The second kappa shape index (κ2) is 10.7. The van der Waals surface area contributed by atoms with Crippen LogP contribution in [0.15, 0.2) is 98.1 Å². The molecule has 34 heavy (non-hydrogen) atoms. The molecule has 0 N–H and O–H groups in total. The minimum atomic E-state index is 0.492. The summed E-state index contributed by atoms with van der Waals surface area (Å²) >= 11 is 0. The lowest BCUT2D eigenvalue weighted by Crippen LogP contribution is -2.02. The van der Waals surface area contributed by atoms with Crippen LogP contribution in [0.1, 0.15) is 33.4 Å². The third-order valence-corrected chi connectivity index (χ3v) is 5.94. The molecule has 0 unspecified atom stereocenters. The van der Waals surface area contributed by atoms with Crippen LogP contribution in [-0.2, 0) is 13.2 Å². The molecule has 0 spiro atoms. The fourth-order valence-electron chi connectivity index (χ4n) is 3.99. The molecule has 4 rings (SSSR count). The Kier molecular flexibility index (Phi) is 7.29. The molecule has 0 aliphatic heterocycles. The molecule has 0 atom stereocenters. The van der Waals surface area contributed by atoms with Crippen molar-refractivity contribution >= 4 is 12.2 Å². The van der Waals surface area contributed by atoms with Crippen molar-refractivity contribution in [2.45, 2.75) is 27.1 Å². The van der Waals surface area contributed by atoms with E-state index in [1.54, 1.807) is 0 Å². The fraction of sp³-hybridized carbons (Fsp3) is 0.125. The lowest BCUT2D eigenvalue weighted by Gasteiger charge is -2.19. The van der Waals surface area contributed by atoms with E-state index in [4.69, 9.17) is 9.47 Å². The van der Waals surface area contributed by atoms with Crippen molar-refractivity contribution in [3.8, 4) is 22.6 Å². The van der Waals surface area contributed by atoms with Crippen LogP contribution in [0.3, 0.4) is 0 Å². The van der Waals surface area contributed by atoms with E-state index in [1.165, 1.54) is 0 Å². The summed E-state index contributed by atoms with van der Waals surface area (Å²) in [6.07, 6.45) is 3.69. The summed E-state index contributed by atoms with van der Waals surface area (Å²) in [5.74, 6) is 1.70. The smallest absolute Gasteiger partial charge is 0.128 e. The van der Waals surface area contributed by atoms with Crippen molar-refractivity contribution in [3.05, 3.63) is 131 Å². The van der Waals surface area contributed by atoms with E-state index >= 15 is 0 Å². The zero-order valence-corrected chi connectivity index (χ0v) is 19.9. The Morgan fingerprint density at radius 3 is 1.29 bits per heavy atom. The lowest BCUT2D eigenvalue weighted by molar-refractivity contribution is 0.302. The van der Waals surface area contributed by atoms with Gasteiger partial charge in [-0.05, 0) is 59.4 Å². The quantitative estimate of drug-likeness (QED) is 0.257.